The van der Waals surface area contributed by atoms with Gasteiger partial charge in [0.25, 0.3) is 0 Å². The number of carboxylic acid groups (broad SMARTS) is 1. The topological polar surface area (TPSA) is 70.4 Å². The number of phenolic OH excluding ortho intramolecular Hbond substituents is 1. The molecule has 0 spiro atoms. The standard InChI is InChI=1S/C22H22FNO3/c1-4-16(22(26)27)21-19(12(2)3)20(13-5-7-14(23)8-6-13)17-10-9-15(25)11-18(17)24-21/h5-12,16,25H,4H2,1-3H3,(H,26,27). The molecule has 3 rings (SSSR count). The van der Waals surface area contributed by atoms with Gasteiger partial charge in [-0.2, -0.15) is 0 Å². The van der Waals surface area contributed by atoms with Gasteiger partial charge in [0.15, 0.2) is 0 Å². The van der Waals surface area contributed by atoms with Crippen LogP contribution in [0.3, 0.4) is 0 Å². The molecular weight excluding hydrogens is 345 g/mol. The average molecular weight is 367 g/mol. The second kappa shape index (κ2) is 7.35. The van der Waals surface area contributed by atoms with Crippen molar-refractivity contribution in [1.29, 1.82) is 0 Å². The third kappa shape index (κ3) is 3.50. The second-order valence-corrected chi connectivity index (χ2v) is 6.95. The van der Waals surface area contributed by atoms with E-state index in [1.165, 1.54) is 18.2 Å². The Bertz CT molecular complexity index is 997. The van der Waals surface area contributed by atoms with Crippen molar-refractivity contribution in [3.63, 3.8) is 0 Å². The molecule has 5 heteroatoms. The maximum absolute atomic E-state index is 13.5. The van der Waals surface area contributed by atoms with Crippen molar-refractivity contribution in [2.45, 2.75) is 39.0 Å². The van der Waals surface area contributed by atoms with Crippen molar-refractivity contribution < 1.29 is 19.4 Å². The number of aromatic nitrogens is 1. The van der Waals surface area contributed by atoms with Gasteiger partial charge < -0.3 is 10.2 Å². The van der Waals surface area contributed by atoms with Crippen LogP contribution in [0.15, 0.2) is 42.5 Å². The Morgan fingerprint density at radius 1 is 1.15 bits per heavy atom. The molecule has 2 aromatic carbocycles. The minimum absolute atomic E-state index is 0.0131. The second-order valence-electron chi connectivity index (χ2n) is 6.95. The molecule has 2 N–H and O–H groups in total. The van der Waals surface area contributed by atoms with E-state index < -0.39 is 11.9 Å². The van der Waals surface area contributed by atoms with Crippen LogP contribution in [-0.4, -0.2) is 21.2 Å². The number of hydrogen-bond donors (Lipinski definition) is 2. The zero-order chi connectivity index (χ0) is 19.7. The molecule has 27 heavy (non-hydrogen) atoms. The summed E-state index contributed by atoms with van der Waals surface area (Å²) in [5.41, 5.74) is 3.49. The lowest BCUT2D eigenvalue weighted by molar-refractivity contribution is -0.139. The lowest BCUT2D eigenvalue weighted by atomic mass is 9.84. The smallest absolute Gasteiger partial charge is 0.312 e. The third-order valence-corrected chi connectivity index (χ3v) is 4.78. The van der Waals surface area contributed by atoms with Gasteiger partial charge in [-0.05, 0) is 53.3 Å². The first kappa shape index (κ1) is 18.8. The molecule has 0 radical (unpaired) electrons. The van der Waals surface area contributed by atoms with E-state index in [0.717, 1.165) is 22.1 Å². The van der Waals surface area contributed by atoms with Crippen molar-refractivity contribution in [1.82, 2.24) is 4.98 Å². The summed E-state index contributed by atoms with van der Waals surface area (Å²) in [4.78, 5) is 16.5. The van der Waals surface area contributed by atoms with E-state index in [1.807, 2.05) is 20.8 Å². The van der Waals surface area contributed by atoms with Crippen molar-refractivity contribution in [3.8, 4) is 16.9 Å². The summed E-state index contributed by atoms with van der Waals surface area (Å²) < 4.78 is 13.5. The third-order valence-electron chi connectivity index (χ3n) is 4.78. The van der Waals surface area contributed by atoms with Crippen LogP contribution in [0.2, 0.25) is 0 Å². The minimum Gasteiger partial charge on any atom is -0.508 e. The first-order valence-electron chi connectivity index (χ1n) is 8.98. The number of pyridine rings is 1. The summed E-state index contributed by atoms with van der Waals surface area (Å²) >= 11 is 0. The molecule has 4 nitrogen and oxygen atoms in total. The van der Waals surface area contributed by atoms with Gasteiger partial charge in [0, 0.05) is 11.5 Å². The molecule has 140 valence electrons. The molecule has 0 aliphatic carbocycles. The largest absolute Gasteiger partial charge is 0.508 e. The molecule has 1 unspecified atom stereocenters. The van der Waals surface area contributed by atoms with Crippen molar-refractivity contribution in [2.75, 3.05) is 0 Å². The van der Waals surface area contributed by atoms with Crippen LogP contribution < -0.4 is 0 Å². The van der Waals surface area contributed by atoms with Crippen LogP contribution in [0, 0.1) is 5.82 Å². The summed E-state index contributed by atoms with van der Waals surface area (Å²) in [6.07, 6.45) is 0.398. The van der Waals surface area contributed by atoms with E-state index in [9.17, 15) is 19.4 Å². The fourth-order valence-electron chi connectivity index (χ4n) is 3.55. The number of nitrogens with zero attached hydrogens (tertiary/aromatic N) is 1. The first-order valence-corrected chi connectivity index (χ1v) is 8.98. The predicted octanol–water partition coefficient (Wildman–Crippen LogP) is 5.45. The number of aliphatic carboxylic acids is 1. The maximum Gasteiger partial charge on any atom is 0.312 e. The lowest BCUT2D eigenvalue weighted by Gasteiger charge is -2.23. The number of aromatic hydroxyl groups is 1. The van der Waals surface area contributed by atoms with Gasteiger partial charge in [-0.1, -0.05) is 32.9 Å². The molecule has 0 fully saturated rings. The van der Waals surface area contributed by atoms with Gasteiger partial charge in [0.1, 0.15) is 11.6 Å². The van der Waals surface area contributed by atoms with E-state index in [-0.39, 0.29) is 17.5 Å². The molecule has 0 bridgehead atoms. The molecule has 1 heterocycles. The zero-order valence-electron chi connectivity index (χ0n) is 15.5. The fraction of sp³-hybridized carbons (Fsp3) is 0.273. The van der Waals surface area contributed by atoms with Gasteiger partial charge in [-0.3, -0.25) is 9.78 Å². The number of rotatable bonds is 5. The summed E-state index contributed by atoms with van der Waals surface area (Å²) in [6.45, 7) is 5.80. The van der Waals surface area contributed by atoms with Crippen LogP contribution >= 0.6 is 0 Å². The van der Waals surface area contributed by atoms with Gasteiger partial charge in [-0.25, -0.2) is 4.39 Å². The molecule has 0 aliphatic heterocycles. The van der Waals surface area contributed by atoms with Crippen LogP contribution in [0.4, 0.5) is 4.39 Å². The Hall–Kier alpha value is -2.95. The van der Waals surface area contributed by atoms with Crippen molar-refractivity contribution in [2.24, 2.45) is 0 Å². The summed E-state index contributed by atoms with van der Waals surface area (Å²) in [5, 5.41) is 20.4. The number of carbonyl (C=O) groups is 1. The van der Waals surface area contributed by atoms with Crippen molar-refractivity contribution in [3.05, 3.63) is 59.5 Å². The number of phenols is 1. The Morgan fingerprint density at radius 3 is 2.37 bits per heavy atom. The Balaban J connectivity index is 2.47. The number of benzene rings is 2. The highest BCUT2D eigenvalue weighted by molar-refractivity contribution is 5.98. The first-order chi connectivity index (χ1) is 12.8. The van der Waals surface area contributed by atoms with E-state index in [4.69, 9.17) is 0 Å². The fourth-order valence-corrected chi connectivity index (χ4v) is 3.55. The number of fused-ring (bicyclic) bond motifs is 1. The van der Waals surface area contributed by atoms with E-state index in [2.05, 4.69) is 4.98 Å². The molecule has 0 saturated carbocycles. The summed E-state index contributed by atoms with van der Waals surface area (Å²) in [6, 6.07) is 11.0. The van der Waals surface area contributed by atoms with E-state index in [1.54, 1.807) is 24.3 Å². The van der Waals surface area contributed by atoms with Gasteiger partial charge in [0.2, 0.25) is 0 Å². The minimum atomic E-state index is -0.934. The van der Waals surface area contributed by atoms with Gasteiger partial charge in [-0.15, -0.1) is 0 Å². The quantitative estimate of drug-likeness (QED) is 0.629. The highest BCUT2D eigenvalue weighted by atomic mass is 19.1. The normalized spacial score (nSPS) is 12.5. The molecule has 1 atom stereocenters. The monoisotopic (exact) mass is 367 g/mol. The molecule has 1 aromatic heterocycles. The molecule has 3 aromatic rings. The van der Waals surface area contributed by atoms with Crippen LogP contribution in [-0.2, 0) is 4.79 Å². The predicted molar refractivity (Wildman–Crippen MR) is 104 cm³/mol. The summed E-state index contributed by atoms with van der Waals surface area (Å²) in [5.74, 6) is -1.95. The Labute approximate surface area is 157 Å². The SMILES string of the molecule is CCC(C(=O)O)c1nc2cc(O)ccc2c(-c2ccc(F)cc2)c1C(C)C. The molecule has 0 amide bonds. The van der Waals surface area contributed by atoms with E-state index >= 15 is 0 Å². The molecule has 0 saturated heterocycles. The van der Waals surface area contributed by atoms with Gasteiger partial charge in [0.05, 0.1) is 17.1 Å². The Kier molecular flexibility index (Phi) is 5.13. The number of hydrogen-bond acceptors (Lipinski definition) is 3. The highest BCUT2D eigenvalue weighted by Gasteiger charge is 2.27. The lowest BCUT2D eigenvalue weighted by Crippen LogP contribution is -2.16. The average Bonchev–Trinajstić information content (AvgIpc) is 2.61. The van der Waals surface area contributed by atoms with Crippen LogP contribution in [0.1, 0.15) is 50.3 Å². The van der Waals surface area contributed by atoms with Crippen LogP contribution in [0.5, 0.6) is 5.75 Å². The van der Waals surface area contributed by atoms with Gasteiger partial charge >= 0.3 is 5.97 Å². The number of halogens is 1. The molecule has 0 aliphatic rings. The number of carboxylic acids is 1. The maximum atomic E-state index is 13.5. The van der Waals surface area contributed by atoms with Crippen molar-refractivity contribution >= 4 is 16.9 Å². The van der Waals surface area contributed by atoms with Crippen LogP contribution in [0.25, 0.3) is 22.0 Å². The zero-order valence-corrected chi connectivity index (χ0v) is 15.5. The highest BCUT2D eigenvalue weighted by Crippen LogP contribution is 2.41. The molecular formula is C22H22FNO3. The van der Waals surface area contributed by atoms with E-state index in [0.29, 0.717) is 17.6 Å². The Morgan fingerprint density at radius 2 is 1.81 bits per heavy atom. The summed E-state index contributed by atoms with van der Waals surface area (Å²) in [7, 11) is 0.